The number of primary amides is 1. The number of carbonyl (C=O) groups is 1. The number of hydrazone groups is 1. The van der Waals surface area contributed by atoms with E-state index in [4.69, 9.17) is 10.5 Å². The maximum absolute atomic E-state index is 13.0. The summed E-state index contributed by atoms with van der Waals surface area (Å²) >= 11 is 0. The number of hydrogen-bond acceptors (Lipinski definition) is 3. The molecule has 0 saturated heterocycles. The van der Waals surface area contributed by atoms with E-state index in [1.54, 1.807) is 36.4 Å². The van der Waals surface area contributed by atoms with Crippen LogP contribution in [0.5, 0.6) is 11.5 Å². The van der Waals surface area contributed by atoms with Gasteiger partial charge in [-0.15, -0.1) is 0 Å². The third kappa shape index (κ3) is 4.09. The minimum atomic E-state index is -0.729. The zero-order valence-electron chi connectivity index (χ0n) is 10.4. The quantitative estimate of drug-likeness (QED) is 0.663. The van der Waals surface area contributed by atoms with Crippen molar-refractivity contribution in [1.82, 2.24) is 5.43 Å². The molecule has 3 N–H and O–H groups in total. The van der Waals surface area contributed by atoms with E-state index in [1.807, 2.05) is 0 Å². The highest BCUT2D eigenvalue weighted by Crippen LogP contribution is 2.21. The molecule has 2 rings (SSSR count). The van der Waals surface area contributed by atoms with Gasteiger partial charge < -0.3 is 10.5 Å². The summed E-state index contributed by atoms with van der Waals surface area (Å²) < 4.78 is 18.5. The molecule has 0 fully saturated rings. The smallest absolute Gasteiger partial charge is 0.332 e. The molecule has 0 saturated carbocycles. The first-order chi connectivity index (χ1) is 9.63. The molecule has 0 atom stereocenters. The van der Waals surface area contributed by atoms with E-state index in [9.17, 15) is 9.18 Å². The van der Waals surface area contributed by atoms with E-state index in [1.165, 1.54) is 18.3 Å². The molecule has 0 radical (unpaired) electrons. The highest BCUT2D eigenvalue weighted by molar-refractivity contribution is 5.81. The van der Waals surface area contributed by atoms with E-state index in [0.29, 0.717) is 11.5 Å². The van der Waals surface area contributed by atoms with Crippen molar-refractivity contribution in [3.8, 4) is 11.5 Å². The number of halogens is 1. The lowest BCUT2D eigenvalue weighted by atomic mass is 10.2. The van der Waals surface area contributed by atoms with E-state index < -0.39 is 6.03 Å². The van der Waals surface area contributed by atoms with Crippen molar-refractivity contribution >= 4 is 12.2 Å². The average Bonchev–Trinajstić information content (AvgIpc) is 2.40. The van der Waals surface area contributed by atoms with Crippen molar-refractivity contribution in [1.29, 1.82) is 0 Å². The number of nitrogens with two attached hydrogens (primary N) is 1. The van der Waals surface area contributed by atoms with Gasteiger partial charge in [-0.2, -0.15) is 5.10 Å². The molecule has 5 nitrogen and oxygen atoms in total. The van der Waals surface area contributed by atoms with Crippen LogP contribution >= 0.6 is 0 Å². The Bertz CT molecular complexity index is 627. The summed E-state index contributed by atoms with van der Waals surface area (Å²) in [4.78, 5) is 10.4. The zero-order chi connectivity index (χ0) is 14.4. The maximum atomic E-state index is 13.0. The van der Waals surface area contributed by atoms with E-state index in [0.717, 1.165) is 5.56 Å². The van der Waals surface area contributed by atoms with Crippen LogP contribution in [0.3, 0.4) is 0 Å². The molecule has 2 amide bonds. The van der Waals surface area contributed by atoms with Crippen LogP contribution in [0.1, 0.15) is 5.56 Å². The third-order valence-electron chi connectivity index (χ3n) is 2.30. The summed E-state index contributed by atoms with van der Waals surface area (Å²) in [6.07, 6.45) is 1.44. The monoisotopic (exact) mass is 273 g/mol. The van der Waals surface area contributed by atoms with E-state index in [-0.39, 0.29) is 5.82 Å². The molecule has 0 aliphatic rings. The number of nitrogens with zero attached hydrogens (tertiary/aromatic N) is 1. The number of urea groups is 1. The summed E-state index contributed by atoms with van der Waals surface area (Å²) in [5.74, 6) is 0.626. The van der Waals surface area contributed by atoms with Crippen LogP contribution in [0.25, 0.3) is 0 Å². The van der Waals surface area contributed by atoms with Crippen LogP contribution in [-0.4, -0.2) is 12.2 Å². The lowest BCUT2D eigenvalue weighted by molar-refractivity contribution is 0.249. The molecular weight excluding hydrogens is 261 g/mol. The van der Waals surface area contributed by atoms with Crippen LogP contribution in [0.2, 0.25) is 0 Å². The van der Waals surface area contributed by atoms with E-state index >= 15 is 0 Å². The molecule has 2 aromatic rings. The van der Waals surface area contributed by atoms with Gasteiger partial charge in [0.1, 0.15) is 17.3 Å². The molecule has 20 heavy (non-hydrogen) atoms. The SMILES string of the molecule is NC(=O)N/N=C/c1ccc(Oc2cccc(F)c2)cc1. The number of benzene rings is 2. The average molecular weight is 273 g/mol. The van der Waals surface area contributed by atoms with Gasteiger partial charge in [-0.3, -0.25) is 0 Å². The first-order valence-electron chi connectivity index (χ1n) is 5.75. The van der Waals surface area contributed by atoms with Gasteiger partial charge in [0.05, 0.1) is 6.21 Å². The molecule has 2 aromatic carbocycles. The Morgan fingerprint density at radius 2 is 1.95 bits per heavy atom. The summed E-state index contributed by atoms with van der Waals surface area (Å²) in [6.45, 7) is 0. The fraction of sp³-hybridized carbons (Fsp3) is 0. The van der Waals surface area contributed by atoms with Crippen LogP contribution < -0.4 is 15.9 Å². The van der Waals surface area contributed by atoms with Gasteiger partial charge in [0, 0.05) is 6.07 Å². The molecule has 0 bridgehead atoms. The topological polar surface area (TPSA) is 76.7 Å². The number of amides is 2. The number of hydrogen-bond donors (Lipinski definition) is 2. The first kappa shape index (κ1) is 13.5. The first-order valence-corrected chi connectivity index (χ1v) is 5.75. The Morgan fingerprint density at radius 1 is 1.20 bits per heavy atom. The number of nitrogens with one attached hydrogen (secondary N) is 1. The van der Waals surface area contributed by atoms with Crippen LogP contribution in [0.4, 0.5) is 9.18 Å². The molecule has 0 aliphatic heterocycles. The van der Waals surface area contributed by atoms with Crippen LogP contribution in [0.15, 0.2) is 53.6 Å². The summed E-state index contributed by atoms with van der Waals surface area (Å²) in [5.41, 5.74) is 7.71. The molecule has 0 unspecified atom stereocenters. The Morgan fingerprint density at radius 3 is 2.60 bits per heavy atom. The number of carbonyl (C=O) groups excluding carboxylic acids is 1. The second-order valence-electron chi connectivity index (χ2n) is 3.86. The van der Waals surface area contributed by atoms with Gasteiger partial charge in [-0.05, 0) is 42.0 Å². The van der Waals surface area contributed by atoms with Gasteiger partial charge in [0.25, 0.3) is 0 Å². The molecule has 6 heteroatoms. The molecular formula is C14H12FN3O2. The standard InChI is InChI=1S/C14H12FN3O2/c15-11-2-1-3-13(8-11)20-12-6-4-10(5-7-12)9-17-18-14(16)19/h1-9H,(H3,16,18,19)/b17-9+. The van der Waals surface area contributed by atoms with Crippen molar-refractivity contribution in [3.63, 3.8) is 0 Å². The normalized spacial score (nSPS) is 10.4. The van der Waals surface area contributed by atoms with E-state index in [2.05, 4.69) is 10.5 Å². The predicted octanol–water partition coefficient (Wildman–Crippen LogP) is 2.62. The Labute approximate surface area is 114 Å². The van der Waals surface area contributed by atoms with Crippen molar-refractivity contribution in [2.45, 2.75) is 0 Å². The Kier molecular flexibility index (Phi) is 4.28. The van der Waals surface area contributed by atoms with Crippen molar-refractivity contribution in [3.05, 3.63) is 59.9 Å². The summed E-state index contributed by atoms with van der Waals surface area (Å²) in [5, 5.41) is 3.63. The Balaban J connectivity index is 2.01. The highest BCUT2D eigenvalue weighted by atomic mass is 19.1. The summed E-state index contributed by atoms with van der Waals surface area (Å²) in [6, 6.07) is 12.0. The van der Waals surface area contributed by atoms with Crippen molar-refractivity contribution < 1.29 is 13.9 Å². The van der Waals surface area contributed by atoms with Crippen LogP contribution in [0, 0.1) is 5.82 Å². The minimum Gasteiger partial charge on any atom is -0.457 e. The largest absolute Gasteiger partial charge is 0.457 e. The summed E-state index contributed by atoms with van der Waals surface area (Å²) in [7, 11) is 0. The second kappa shape index (κ2) is 6.33. The molecule has 0 aromatic heterocycles. The number of rotatable bonds is 4. The third-order valence-corrected chi connectivity index (χ3v) is 2.30. The van der Waals surface area contributed by atoms with Gasteiger partial charge in [-0.1, -0.05) is 6.07 Å². The Hall–Kier alpha value is -2.89. The molecule has 0 spiro atoms. The highest BCUT2D eigenvalue weighted by Gasteiger charge is 1.98. The van der Waals surface area contributed by atoms with Gasteiger partial charge in [0.15, 0.2) is 0 Å². The zero-order valence-corrected chi connectivity index (χ0v) is 10.4. The molecule has 102 valence electrons. The second-order valence-corrected chi connectivity index (χ2v) is 3.86. The van der Waals surface area contributed by atoms with Crippen molar-refractivity contribution in [2.75, 3.05) is 0 Å². The van der Waals surface area contributed by atoms with Gasteiger partial charge in [0.2, 0.25) is 0 Å². The van der Waals surface area contributed by atoms with Crippen molar-refractivity contribution in [2.24, 2.45) is 10.8 Å². The maximum Gasteiger partial charge on any atom is 0.332 e. The molecule has 0 heterocycles. The minimum absolute atomic E-state index is 0.358. The fourth-order valence-corrected chi connectivity index (χ4v) is 1.46. The van der Waals surface area contributed by atoms with Crippen LogP contribution in [-0.2, 0) is 0 Å². The molecule has 0 aliphatic carbocycles. The lowest BCUT2D eigenvalue weighted by Gasteiger charge is -2.05. The predicted molar refractivity (Wildman–Crippen MR) is 73.2 cm³/mol. The lowest BCUT2D eigenvalue weighted by Crippen LogP contribution is -2.24. The number of ether oxygens (including phenoxy) is 1. The van der Waals surface area contributed by atoms with Gasteiger partial charge >= 0.3 is 6.03 Å². The van der Waals surface area contributed by atoms with Gasteiger partial charge in [-0.25, -0.2) is 14.6 Å². The fourth-order valence-electron chi connectivity index (χ4n) is 1.46.